The van der Waals surface area contributed by atoms with Crippen LogP contribution in [0.1, 0.15) is 56.6 Å². The van der Waals surface area contributed by atoms with Crippen molar-refractivity contribution in [1.82, 2.24) is 9.34 Å². The van der Waals surface area contributed by atoms with Crippen molar-refractivity contribution in [2.24, 2.45) is 0 Å². The van der Waals surface area contributed by atoms with E-state index in [1.165, 1.54) is 81.4 Å². The molecule has 0 atom stereocenters. The van der Waals surface area contributed by atoms with E-state index in [2.05, 4.69) is 76.9 Å². The van der Waals surface area contributed by atoms with Gasteiger partial charge < -0.3 is 0 Å². The van der Waals surface area contributed by atoms with E-state index in [0.29, 0.717) is 0 Å². The van der Waals surface area contributed by atoms with Gasteiger partial charge in [-0.15, -0.1) is 0 Å². The minimum Gasteiger partial charge on any atom is -0.266 e. The first-order chi connectivity index (χ1) is 13.8. The van der Waals surface area contributed by atoms with E-state index in [4.69, 9.17) is 0 Å². The Kier molecular flexibility index (Phi) is 6.96. The van der Waals surface area contributed by atoms with Crippen molar-refractivity contribution in [2.75, 3.05) is 26.2 Å². The average Bonchev–Trinajstić information content (AvgIpc) is 2.77. The smallest absolute Gasteiger partial charge is 0.0685 e. The maximum atomic E-state index is 2.82. The summed E-state index contributed by atoms with van der Waals surface area (Å²) in [6, 6.07) is 22.1. The van der Waals surface area contributed by atoms with Gasteiger partial charge in [-0.2, -0.15) is 0 Å². The predicted molar refractivity (Wildman–Crippen MR) is 122 cm³/mol. The lowest BCUT2D eigenvalue weighted by Crippen LogP contribution is -2.35. The number of benzene rings is 2. The van der Waals surface area contributed by atoms with Gasteiger partial charge in [0.15, 0.2) is 0 Å². The molecule has 28 heavy (non-hydrogen) atoms. The fourth-order valence-electron chi connectivity index (χ4n) is 4.63. The van der Waals surface area contributed by atoms with Gasteiger partial charge in [0.05, 0.1) is 8.22 Å². The minimum absolute atomic E-state index is 0.399. The molecule has 0 radical (unpaired) electrons. The Morgan fingerprint density at radius 3 is 1.39 bits per heavy atom. The highest BCUT2D eigenvalue weighted by molar-refractivity contribution is 7.57. The van der Waals surface area contributed by atoms with Crippen LogP contribution in [0.15, 0.2) is 66.0 Å². The monoisotopic (exact) mass is 392 g/mol. The molecule has 3 heteroatoms. The van der Waals surface area contributed by atoms with Crippen LogP contribution in [0.25, 0.3) is 5.57 Å². The van der Waals surface area contributed by atoms with Crippen LogP contribution in [0, 0.1) is 0 Å². The van der Waals surface area contributed by atoms with E-state index in [1.807, 2.05) is 0 Å². The topological polar surface area (TPSA) is 6.48 Å². The number of allylic oxidation sites excluding steroid dienone is 1. The molecule has 2 heterocycles. The molecule has 2 aliphatic heterocycles. The summed E-state index contributed by atoms with van der Waals surface area (Å²) in [6.45, 7) is 7.46. The Hall–Kier alpha value is -1.47. The summed E-state index contributed by atoms with van der Waals surface area (Å²) in [5, 5.41) is 1.58. The summed E-state index contributed by atoms with van der Waals surface area (Å²) in [5.74, 6) is 0. The number of nitrogens with zero attached hydrogens (tertiary/aromatic N) is 2. The highest BCUT2D eigenvalue weighted by atomic mass is 31.1. The van der Waals surface area contributed by atoms with Crippen LogP contribution >= 0.6 is 8.22 Å². The molecule has 2 aromatic rings. The molecule has 2 aliphatic rings. The molecule has 0 N–H and O–H groups in total. The molecule has 0 unspecified atom stereocenters. The summed E-state index contributed by atoms with van der Waals surface area (Å²) in [7, 11) is -0.399. The van der Waals surface area contributed by atoms with Crippen LogP contribution < -0.4 is 0 Å². The van der Waals surface area contributed by atoms with Crippen molar-refractivity contribution in [3.8, 4) is 0 Å². The zero-order valence-electron chi connectivity index (χ0n) is 17.2. The lowest BCUT2D eigenvalue weighted by Gasteiger charge is -2.44. The number of rotatable bonds is 5. The quantitative estimate of drug-likeness (QED) is 0.519. The van der Waals surface area contributed by atoms with Crippen LogP contribution in [-0.2, 0) is 0 Å². The molecule has 0 aliphatic carbocycles. The molecule has 2 saturated heterocycles. The molecule has 0 spiro atoms. The van der Waals surface area contributed by atoms with E-state index in [-0.39, 0.29) is 0 Å². The van der Waals surface area contributed by atoms with Gasteiger partial charge in [-0.05, 0) is 54.6 Å². The summed E-state index contributed by atoms with van der Waals surface area (Å²) < 4.78 is 5.65. The van der Waals surface area contributed by atoms with Gasteiger partial charge in [0.2, 0.25) is 0 Å². The third-order valence-electron chi connectivity index (χ3n) is 5.99. The normalized spacial score (nSPS) is 18.9. The number of hydrogen-bond acceptors (Lipinski definition) is 2. The fraction of sp³-hybridized carbons (Fsp3) is 0.440. The number of piperidine rings is 2. The number of hydrogen-bond donors (Lipinski definition) is 0. The highest BCUT2D eigenvalue weighted by Gasteiger charge is 2.31. The lowest BCUT2D eigenvalue weighted by molar-refractivity contribution is 0.313. The molecular formula is C25H33N2P. The van der Waals surface area contributed by atoms with Gasteiger partial charge >= 0.3 is 0 Å². The fourth-order valence-corrected chi connectivity index (χ4v) is 7.62. The second-order valence-corrected chi connectivity index (χ2v) is 10.4. The molecule has 4 rings (SSSR count). The van der Waals surface area contributed by atoms with Crippen molar-refractivity contribution < 1.29 is 0 Å². The molecular weight excluding hydrogens is 359 g/mol. The van der Waals surface area contributed by atoms with Crippen molar-refractivity contribution in [1.29, 1.82) is 0 Å². The summed E-state index contributed by atoms with van der Waals surface area (Å²) in [4.78, 5) is 0. The van der Waals surface area contributed by atoms with Gasteiger partial charge in [-0.3, -0.25) is 9.34 Å². The molecule has 0 saturated carbocycles. The van der Waals surface area contributed by atoms with Crippen molar-refractivity contribution in [3.63, 3.8) is 0 Å². The predicted octanol–water partition coefficient (Wildman–Crippen LogP) is 6.75. The molecule has 0 amide bonds. The zero-order valence-corrected chi connectivity index (χ0v) is 18.1. The lowest BCUT2D eigenvalue weighted by atomic mass is 9.98. The van der Waals surface area contributed by atoms with Crippen LogP contribution in [-0.4, -0.2) is 35.5 Å². The molecule has 2 fully saturated rings. The molecule has 2 aromatic carbocycles. The third-order valence-corrected chi connectivity index (χ3v) is 8.68. The van der Waals surface area contributed by atoms with Gasteiger partial charge in [0.1, 0.15) is 0 Å². The third kappa shape index (κ3) is 4.57. The van der Waals surface area contributed by atoms with Crippen LogP contribution in [0.4, 0.5) is 0 Å². The van der Waals surface area contributed by atoms with E-state index >= 15 is 0 Å². The van der Waals surface area contributed by atoms with E-state index in [1.54, 1.807) is 5.31 Å². The van der Waals surface area contributed by atoms with E-state index in [9.17, 15) is 0 Å². The maximum Gasteiger partial charge on any atom is 0.0685 e. The van der Waals surface area contributed by atoms with Crippen molar-refractivity contribution in [3.05, 3.63) is 77.1 Å². The van der Waals surface area contributed by atoms with Gasteiger partial charge in [0.25, 0.3) is 0 Å². The highest BCUT2D eigenvalue weighted by Crippen LogP contribution is 2.56. The zero-order chi connectivity index (χ0) is 19.2. The van der Waals surface area contributed by atoms with Crippen LogP contribution in [0.3, 0.4) is 0 Å². The van der Waals surface area contributed by atoms with Gasteiger partial charge in [0, 0.05) is 26.2 Å². The molecule has 0 aromatic heterocycles. The van der Waals surface area contributed by atoms with Gasteiger partial charge in [-0.1, -0.05) is 73.5 Å². The Morgan fingerprint density at radius 2 is 1.00 bits per heavy atom. The molecule has 148 valence electrons. The first-order valence-corrected chi connectivity index (χ1v) is 12.2. The maximum absolute atomic E-state index is 2.82. The Morgan fingerprint density at radius 1 is 0.607 bits per heavy atom. The minimum atomic E-state index is -0.399. The summed E-state index contributed by atoms with van der Waals surface area (Å²) in [6.07, 6.45) is 8.20. The Bertz CT molecular complexity index is 700. The van der Waals surface area contributed by atoms with Crippen molar-refractivity contribution >= 4 is 13.8 Å². The molecule has 0 bridgehead atoms. The SMILES string of the molecule is CC(=C(c1ccccc1)c1ccccc1)P(N1CCCCC1)N1CCCCC1. The molecule has 2 nitrogen and oxygen atoms in total. The van der Waals surface area contributed by atoms with Crippen molar-refractivity contribution in [2.45, 2.75) is 45.4 Å². The standard InChI is InChI=1S/C25H33N2P/c1-22(25(23-14-6-2-7-15-23)24-16-8-3-9-17-24)28(26-18-10-4-11-19-26)27-20-12-5-13-21-27/h2-3,6-9,14-17H,4-5,10-13,18-21H2,1H3. The first kappa shape index (κ1) is 19.8. The first-order valence-electron chi connectivity index (χ1n) is 11.0. The average molecular weight is 393 g/mol. The van der Waals surface area contributed by atoms with E-state index < -0.39 is 8.22 Å². The second-order valence-electron chi connectivity index (χ2n) is 8.01. The van der Waals surface area contributed by atoms with Gasteiger partial charge in [-0.25, -0.2) is 0 Å². The largest absolute Gasteiger partial charge is 0.266 e. The summed E-state index contributed by atoms with van der Waals surface area (Å²) >= 11 is 0. The Labute approximate surface area is 172 Å². The van der Waals surface area contributed by atoms with Crippen LogP contribution in [0.5, 0.6) is 0 Å². The van der Waals surface area contributed by atoms with E-state index in [0.717, 1.165) is 0 Å². The van der Waals surface area contributed by atoms with Crippen LogP contribution in [0.2, 0.25) is 0 Å². The Balaban J connectivity index is 1.81. The second kappa shape index (κ2) is 9.83. The summed E-state index contributed by atoms with van der Waals surface area (Å²) in [5.41, 5.74) is 4.16.